The Hall–Kier alpha value is -1.42. The van der Waals surface area contributed by atoms with E-state index in [9.17, 15) is 0 Å². The summed E-state index contributed by atoms with van der Waals surface area (Å²) in [5, 5.41) is 7.52. The standard InChI is InChI=1S/C8H6ClN3O/c9-5-7-11-12-8(13-7)6-3-1-2-4-10-6/h1-4H,5H2. The molecule has 66 valence electrons. The minimum absolute atomic E-state index is 0.222. The lowest BCUT2D eigenvalue weighted by molar-refractivity contribution is 0.525. The molecule has 0 saturated carbocycles. The van der Waals surface area contributed by atoms with Crippen LogP contribution in [0, 0.1) is 0 Å². The van der Waals surface area contributed by atoms with Crippen LogP contribution in [0.3, 0.4) is 0 Å². The molecule has 2 aromatic rings. The minimum Gasteiger partial charge on any atom is -0.418 e. The first-order chi connectivity index (χ1) is 6.40. The zero-order chi connectivity index (χ0) is 9.10. The van der Waals surface area contributed by atoms with Gasteiger partial charge >= 0.3 is 0 Å². The number of halogens is 1. The number of pyridine rings is 1. The summed E-state index contributed by atoms with van der Waals surface area (Å²) in [5.74, 6) is 1.03. The molecule has 0 spiro atoms. The van der Waals surface area contributed by atoms with Crippen LogP contribution >= 0.6 is 11.6 Å². The van der Waals surface area contributed by atoms with Gasteiger partial charge in [-0.25, -0.2) is 0 Å². The third-order valence-corrected chi connectivity index (χ3v) is 1.69. The molecule has 0 N–H and O–H groups in total. The molecule has 2 aromatic heterocycles. The molecule has 0 atom stereocenters. The Morgan fingerprint density at radius 2 is 2.23 bits per heavy atom. The highest BCUT2D eigenvalue weighted by atomic mass is 35.5. The van der Waals surface area contributed by atoms with Crippen LogP contribution in [0.15, 0.2) is 28.8 Å². The van der Waals surface area contributed by atoms with Crippen LogP contribution < -0.4 is 0 Å². The predicted octanol–water partition coefficient (Wildman–Crippen LogP) is 1.87. The molecular weight excluding hydrogens is 190 g/mol. The molecule has 0 aliphatic rings. The van der Waals surface area contributed by atoms with Crippen molar-refractivity contribution < 1.29 is 4.42 Å². The van der Waals surface area contributed by atoms with Crippen LogP contribution in [-0.4, -0.2) is 15.2 Å². The van der Waals surface area contributed by atoms with Gasteiger partial charge in [0, 0.05) is 6.20 Å². The Balaban J connectivity index is 2.36. The molecule has 0 aliphatic carbocycles. The monoisotopic (exact) mass is 195 g/mol. The summed E-state index contributed by atoms with van der Waals surface area (Å²) in [4.78, 5) is 4.06. The first-order valence-electron chi connectivity index (χ1n) is 3.70. The zero-order valence-electron chi connectivity index (χ0n) is 6.64. The van der Waals surface area contributed by atoms with Gasteiger partial charge in [0.1, 0.15) is 11.6 Å². The van der Waals surface area contributed by atoms with Crippen LogP contribution in [0.1, 0.15) is 5.89 Å². The topological polar surface area (TPSA) is 51.8 Å². The Bertz CT molecular complexity index is 387. The number of rotatable bonds is 2. The lowest BCUT2D eigenvalue weighted by Crippen LogP contribution is -1.80. The van der Waals surface area contributed by atoms with E-state index in [1.54, 1.807) is 12.3 Å². The van der Waals surface area contributed by atoms with E-state index >= 15 is 0 Å². The number of hydrogen-bond donors (Lipinski definition) is 0. The van der Waals surface area contributed by atoms with Crippen molar-refractivity contribution >= 4 is 11.6 Å². The van der Waals surface area contributed by atoms with Gasteiger partial charge in [-0.05, 0) is 12.1 Å². The molecule has 4 nitrogen and oxygen atoms in total. The predicted molar refractivity (Wildman–Crippen MR) is 47.1 cm³/mol. The third-order valence-electron chi connectivity index (χ3n) is 1.47. The van der Waals surface area contributed by atoms with Crippen molar-refractivity contribution in [1.82, 2.24) is 15.2 Å². The Labute approximate surface area is 79.6 Å². The van der Waals surface area contributed by atoms with Crippen LogP contribution in [0.4, 0.5) is 0 Å². The highest BCUT2D eigenvalue weighted by Crippen LogP contribution is 2.14. The summed E-state index contributed by atoms with van der Waals surface area (Å²) >= 11 is 5.51. The summed E-state index contributed by atoms with van der Waals surface area (Å²) in [6.07, 6.45) is 1.67. The summed E-state index contributed by atoms with van der Waals surface area (Å²) < 4.78 is 5.20. The van der Waals surface area contributed by atoms with E-state index in [4.69, 9.17) is 16.0 Å². The average Bonchev–Trinajstić information content (AvgIpc) is 2.67. The van der Waals surface area contributed by atoms with Gasteiger partial charge < -0.3 is 4.42 Å². The summed E-state index contributed by atoms with van der Waals surface area (Å²) in [7, 11) is 0. The summed E-state index contributed by atoms with van der Waals surface area (Å²) in [6.45, 7) is 0. The van der Waals surface area contributed by atoms with Gasteiger partial charge in [-0.15, -0.1) is 21.8 Å². The van der Waals surface area contributed by atoms with Crippen LogP contribution in [0.2, 0.25) is 0 Å². The van der Waals surface area contributed by atoms with Crippen LogP contribution in [-0.2, 0) is 5.88 Å². The molecule has 0 aromatic carbocycles. The Morgan fingerprint density at radius 3 is 2.85 bits per heavy atom. The molecule has 2 heterocycles. The van der Waals surface area contributed by atoms with Gasteiger partial charge in [-0.3, -0.25) is 4.98 Å². The fourth-order valence-electron chi connectivity index (χ4n) is 0.900. The molecule has 13 heavy (non-hydrogen) atoms. The van der Waals surface area contributed by atoms with E-state index in [0.29, 0.717) is 17.5 Å². The zero-order valence-corrected chi connectivity index (χ0v) is 7.40. The van der Waals surface area contributed by atoms with Gasteiger partial charge in [-0.2, -0.15) is 0 Å². The quantitative estimate of drug-likeness (QED) is 0.687. The molecule has 0 amide bonds. The Morgan fingerprint density at radius 1 is 1.31 bits per heavy atom. The van der Waals surface area contributed by atoms with Gasteiger partial charge in [0.2, 0.25) is 5.89 Å². The molecular formula is C8H6ClN3O. The molecule has 0 unspecified atom stereocenters. The second-order valence-corrected chi connectivity index (χ2v) is 2.62. The van der Waals surface area contributed by atoms with Gasteiger partial charge in [0.15, 0.2) is 0 Å². The largest absolute Gasteiger partial charge is 0.418 e. The minimum atomic E-state index is 0.222. The summed E-state index contributed by atoms with van der Waals surface area (Å²) in [5.41, 5.74) is 0.659. The molecule has 0 radical (unpaired) electrons. The first kappa shape index (κ1) is 8.19. The average molecular weight is 196 g/mol. The second-order valence-electron chi connectivity index (χ2n) is 2.35. The smallest absolute Gasteiger partial charge is 0.266 e. The highest BCUT2D eigenvalue weighted by Gasteiger charge is 2.07. The summed E-state index contributed by atoms with van der Waals surface area (Å²) in [6, 6.07) is 5.47. The molecule has 5 heteroatoms. The van der Waals surface area contributed by atoms with E-state index in [0.717, 1.165) is 0 Å². The lowest BCUT2D eigenvalue weighted by Gasteiger charge is -1.89. The van der Waals surface area contributed by atoms with Crippen molar-refractivity contribution in [2.75, 3.05) is 0 Å². The first-order valence-corrected chi connectivity index (χ1v) is 4.23. The number of aromatic nitrogens is 3. The van der Waals surface area contributed by atoms with Crippen molar-refractivity contribution in [3.05, 3.63) is 30.3 Å². The fourth-order valence-corrected chi connectivity index (χ4v) is 1.01. The van der Waals surface area contributed by atoms with Gasteiger partial charge in [0.05, 0.1) is 0 Å². The number of nitrogens with zero attached hydrogens (tertiary/aromatic N) is 3. The fraction of sp³-hybridized carbons (Fsp3) is 0.125. The highest BCUT2D eigenvalue weighted by molar-refractivity contribution is 6.16. The second kappa shape index (κ2) is 3.53. The lowest BCUT2D eigenvalue weighted by atomic mass is 10.3. The normalized spacial score (nSPS) is 10.2. The van der Waals surface area contributed by atoms with Gasteiger partial charge in [0.25, 0.3) is 5.89 Å². The van der Waals surface area contributed by atoms with E-state index in [-0.39, 0.29) is 5.88 Å². The van der Waals surface area contributed by atoms with E-state index < -0.39 is 0 Å². The van der Waals surface area contributed by atoms with Crippen molar-refractivity contribution in [2.45, 2.75) is 5.88 Å². The van der Waals surface area contributed by atoms with E-state index in [1.807, 2.05) is 12.1 Å². The molecule has 0 aliphatic heterocycles. The van der Waals surface area contributed by atoms with E-state index in [2.05, 4.69) is 15.2 Å². The maximum absolute atomic E-state index is 5.51. The molecule has 0 bridgehead atoms. The molecule has 0 saturated heterocycles. The maximum atomic E-state index is 5.51. The van der Waals surface area contributed by atoms with Crippen molar-refractivity contribution in [1.29, 1.82) is 0 Å². The molecule has 2 rings (SSSR count). The van der Waals surface area contributed by atoms with Crippen molar-refractivity contribution in [2.24, 2.45) is 0 Å². The maximum Gasteiger partial charge on any atom is 0.266 e. The third kappa shape index (κ3) is 1.67. The van der Waals surface area contributed by atoms with Crippen molar-refractivity contribution in [3.8, 4) is 11.6 Å². The van der Waals surface area contributed by atoms with E-state index in [1.165, 1.54) is 0 Å². The SMILES string of the molecule is ClCc1nnc(-c2ccccn2)o1. The number of hydrogen-bond acceptors (Lipinski definition) is 4. The van der Waals surface area contributed by atoms with Crippen LogP contribution in [0.25, 0.3) is 11.6 Å². The molecule has 0 fully saturated rings. The number of alkyl halides is 1. The van der Waals surface area contributed by atoms with Crippen molar-refractivity contribution in [3.63, 3.8) is 0 Å². The van der Waals surface area contributed by atoms with Crippen LogP contribution in [0.5, 0.6) is 0 Å². The Kier molecular flexibility index (Phi) is 2.23. The van der Waals surface area contributed by atoms with Gasteiger partial charge in [-0.1, -0.05) is 6.07 Å².